The molecular formula is C12H15BrN2O4S2. The van der Waals surface area contributed by atoms with E-state index in [4.69, 9.17) is 0 Å². The lowest BCUT2D eigenvalue weighted by molar-refractivity contribution is -0.387. The van der Waals surface area contributed by atoms with Gasteiger partial charge in [-0.1, -0.05) is 15.9 Å². The predicted octanol–water partition coefficient (Wildman–Crippen LogP) is 2.78. The minimum absolute atomic E-state index is 0.298. The van der Waals surface area contributed by atoms with Gasteiger partial charge in [-0.15, -0.1) is 0 Å². The highest BCUT2D eigenvalue weighted by molar-refractivity contribution is 9.10. The van der Waals surface area contributed by atoms with Gasteiger partial charge in [0.2, 0.25) is 10.0 Å². The summed E-state index contributed by atoms with van der Waals surface area (Å²) in [6.07, 6.45) is 1.93. The quantitative estimate of drug-likeness (QED) is 0.612. The first-order valence-electron chi connectivity index (χ1n) is 6.41. The van der Waals surface area contributed by atoms with Crippen LogP contribution in [0, 0.1) is 16.0 Å². The molecule has 1 aromatic carbocycles. The Kier molecular flexibility index (Phi) is 5.64. The van der Waals surface area contributed by atoms with Gasteiger partial charge in [0, 0.05) is 17.1 Å². The van der Waals surface area contributed by atoms with Crippen molar-refractivity contribution in [3.05, 3.63) is 32.8 Å². The van der Waals surface area contributed by atoms with Gasteiger partial charge >= 0.3 is 0 Å². The van der Waals surface area contributed by atoms with E-state index < -0.39 is 20.6 Å². The first-order valence-corrected chi connectivity index (χ1v) is 9.84. The van der Waals surface area contributed by atoms with Gasteiger partial charge in [0.25, 0.3) is 5.69 Å². The maximum atomic E-state index is 12.3. The van der Waals surface area contributed by atoms with Crippen molar-refractivity contribution in [3.63, 3.8) is 0 Å². The lowest BCUT2D eigenvalue weighted by Gasteiger charge is -2.21. The van der Waals surface area contributed by atoms with Crippen molar-refractivity contribution in [2.45, 2.75) is 17.7 Å². The highest BCUT2D eigenvalue weighted by Gasteiger charge is 2.27. The molecule has 0 atom stereocenters. The van der Waals surface area contributed by atoms with Gasteiger partial charge in [-0.2, -0.15) is 11.8 Å². The van der Waals surface area contributed by atoms with Gasteiger partial charge in [-0.3, -0.25) is 10.1 Å². The van der Waals surface area contributed by atoms with E-state index in [0.29, 0.717) is 16.9 Å². The molecule has 1 aliphatic heterocycles. The summed E-state index contributed by atoms with van der Waals surface area (Å²) in [6, 6.07) is 3.91. The number of nitro groups is 1. The Morgan fingerprint density at radius 2 is 2.05 bits per heavy atom. The third-order valence-corrected chi connectivity index (χ3v) is 6.31. The van der Waals surface area contributed by atoms with E-state index in [1.165, 1.54) is 18.2 Å². The highest BCUT2D eigenvalue weighted by atomic mass is 79.9. The number of hydrogen-bond acceptors (Lipinski definition) is 5. The molecule has 21 heavy (non-hydrogen) atoms. The number of thioether (sulfide) groups is 1. The summed E-state index contributed by atoms with van der Waals surface area (Å²) in [5.41, 5.74) is -0.412. The van der Waals surface area contributed by atoms with Crippen molar-refractivity contribution in [3.8, 4) is 0 Å². The van der Waals surface area contributed by atoms with Crippen LogP contribution in [0.2, 0.25) is 0 Å². The second-order valence-electron chi connectivity index (χ2n) is 4.78. The zero-order valence-corrected chi connectivity index (χ0v) is 14.3. The standard InChI is InChI=1S/C12H15BrN2O4S2/c13-10-1-2-11(15(16)17)12(7-10)21(18,19)14-8-9-3-5-20-6-4-9/h1-2,7,9,14H,3-6,8H2. The maximum absolute atomic E-state index is 12.3. The molecule has 116 valence electrons. The van der Waals surface area contributed by atoms with Crippen molar-refractivity contribution in [2.24, 2.45) is 5.92 Å². The van der Waals surface area contributed by atoms with Gasteiger partial charge in [0.15, 0.2) is 4.90 Å². The van der Waals surface area contributed by atoms with Crippen LogP contribution in [0.1, 0.15) is 12.8 Å². The Labute approximate surface area is 136 Å². The molecule has 0 spiro atoms. The Morgan fingerprint density at radius 3 is 2.67 bits per heavy atom. The molecule has 2 rings (SSSR count). The molecule has 1 aromatic rings. The second-order valence-corrected chi connectivity index (χ2v) is 8.65. The van der Waals surface area contributed by atoms with Gasteiger partial charge in [-0.25, -0.2) is 13.1 Å². The fourth-order valence-electron chi connectivity index (χ4n) is 2.11. The number of nitrogens with zero attached hydrogens (tertiary/aromatic N) is 1. The fraction of sp³-hybridized carbons (Fsp3) is 0.500. The lowest BCUT2D eigenvalue weighted by Crippen LogP contribution is -2.31. The second kappa shape index (κ2) is 7.08. The number of halogens is 1. The Balaban J connectivity index is 2.18. The van der Waals surface area contributed by atoms with Gasteiger partial charge < -0.3 is 0 Å². The normalized spacial score (nSPS) is 16.8. The molecule has 9 heteroatoms. The van der Waals surface area contributed by atoms with E-state index >= 15 is 0 Å². The summed E-state index contributed by atoms with van der Waals surface area (Å²) in [7, 11) is -3.89. The third-order valence-electron chi connectivity index (χ3n) is 3.31. The van der Waals surface area contributed by atoms with E-state index in [9.17, 15) is 18.5 Å². The van der Waals surface area contributed by atoms with Gasteiger partial charge in [0.1, 0.15) is 0 Å². The van der Waals surface area contributed by atoms with Gasteiger partial charge in [0.05, 0.1) is 4.92 Å². The van der Waals surface area contributed by atoms with Crippen LogP contribution < -0.4 is 4.72 Å². The predicted molar refractivity (Wildman–Crippen MR) is 86.0 cm³/mol. The summed E-state index contributed by atoms with van der Waals surface area (Å²) in [6.45, 7) is 0.326. The largest absolute Gasteiger partial charge is 0.289 e. The average molecular weight is 395 g/mol. The molecule has 1 saturated heterocycles. The topological polar surface area (TPSA) is 89.3 Å². The molecule has 0 aromatic heterocycles. The molecule has 0 bridgehead atoms. The smallest absolute Gasteiger partial charge is 0.258 e. The molecule has 0 amide bonds. The molecule has 1 heterocycles. The molecular weight excluding hydrogens is 380 g/mol. The minimum Gasteiger partial charge on any atom is -0.258 e. The molecule has 1 fully saturated rings. The number of nitro benzene ring substituents is 1. The van der Waals surface area contributed by atoms with Crippen molar-refractivity contribution in [1.29, 1.82) is 0 Å². The number of nitrogens with one attached hydrogen (secondary N) is 1. The molecule has 1 aliphatic rings. The zero-order valence-electron chi connectivity index (χ0n) is 11.1. The lowest BCUT2D eigenvalue weighted by atomic mass is 10.0. The summed E-state index contributed by atoms with van der Waals surface area (Å²) in [4.78, 5) is 10.00. The van der Waals surface area contributed by atoms with Crippen molar-refractivity contribution in [2.75, 3.05) is 18.1 Å². The molecule has 0 radical (unpaired) electrons. The van der Waals surface area contributed by atoms with Crippen LogP contribution >= 0.6 is 27.7 Å². The summed E-state index contributed by atoms with van der Waals surface area (Å²) in [5.74, 6) is 2.36. The Bertz CT molecular complexity index is 630. The van der Waals surface area contributed by atoms with Crippen LogP contribution in [0.3, 0.4) is 0 Å². The van der Waals surface area contributed by atoms with Crippen molar-refractivity contribution < 1.29 is 13.3 Å². The molecule has 6 nitrogen and oxygen atoms in total. The van der Waals surface area contributed by atoms with E-state index in [0.717, 1.165) is 24.3 Å². The average Bonchev–Trinajstić information content (AvgIpc) is 2.46. The van der Waals surface area contributed by atoms with E-state index in [1.54, 1.807) is 0 Å². The fourth-order valence-corrected chi connectivity index (χ4v) is 5.14. The molecule has 0 aliphatic carbocycles. The minimum atomic E-state index is -3.89. The first kappa shape index (κ1) is 16.7. The summed E-state index contributed by atoms with van der Waals surface area (Å²) in [5, 5.41) is 11.0. The molecule has 0 unspecified atom stereocenters. The number of rotatable bonds is 5. The van der Waals surface area contributed by atoms with E-state index in [-0.39, 0.29) is 4.90 Å². The number of benzene rings is 1. The molecule has 1 N–H and O–H groups in total. The third kappa shape index (κ3) is 4.41. The summed E-state index contributed by atoms with van der Waals surface area (Å²) < 4.78 is 27.6. The maximum Gasteiger partial charge on any atom is 0.289 e. The van der Waals surface area contributed by atoms with Crippen LogP contribution in [-0.4, -0.2) is 31.4 Å². The number of sulfonamides is 1. The summed E-state index contributed by atoms with van der Waals surface area (Å²) >= 11 is 5.01. The van der Waals surface area contributed by atoms with Crippen molar-refractivity contribution >= 4 is 43.4 Å². The van der Waals surface area contributed by atoms with Crippen LogP contribution in [0.25, 0.3) is 0 Å². The highest BCUT2D eigenvalue weighted by Crippen LogP contribution is 2.28. The van der Waals surface area contributed by atoms with Crippen molar-refractivity contribution in [1.82, 2.24) is 4.72 Å². The van der Waals surface area contributed by atoms with E-state index in [1.807, 2.05) is 11.8 Å². The Morgan fingerprint density at radius 1 is 1.38 bits per heavy atom. The van der Waals surface area contributed by atoms with Crippen LogP contribution in [0.15, 0.2) is 27.6 Å². The van der Waals surface area contributed by atoms with E-state index in [2.05, 4.69) is 20.7 Å². The first-order chi connectivity index (χ1) is 9.90. The number of hydrogen-bond donors (Lipinski definition) is 1. The Hall–Kier alpha value is -0.640. The zero-order chi connectivity index (χ0) is 15.5. The monoisotopic (exact) mass is 394 g/mol. The molecule has 0 saturated carbocycles. The van der Waals surface area contributed by atoms with Crippen LogP contribution in [0.5, 0.6) is 0 Å². The van der Waals surface area contributed by atoms with Gasteiger partial charge in [-0.05, 0) is 42.4 Å². The van der Waals surface area contributed by atoms with Crippen LogP contribution in [-0.2, 0) is 10.0 Å². The SMILES string of the molecule is O=[N+]([O-])c1ccc(Br)cc1S(=O)(=O)NCC1CCSCC1. The van der Waals surface area contributed by atoms with Crippen LogP contribution in [0.4, 0.5) is 5.69 Å².